The molecule has 0 bridgehead atoms. The number of rotatable bonds is 11. The summed E-state index contributed by atoms with van der Waals surface area (Å²) < 4.78 is 30.6. The molecule has 0 aliphatic heterocycles. The molecule has 0 aromatic carbocycles. The van der Waals surface area contributed by atoms with Crippen LogP contribution in [-0.2, 0) is 14.9 Å². The van der Waals surface area contributed by atoms with Gasteiger partial charge in [0, 0.05) is 18.5 Å². The van der Waals surface area contributed by atoms with Crippen molar-refractivity contribution in [3.8, 4) is 0 Å². The molecular formula is C14H30N2O5S. The second kappa shape index (κ2) is 10.7. The maximum Gasteiger partial charge on any atom is 0.264 e. The fourth-order valence-electron chi connectivity index (χ4n) is 1.97. The van der Waals surface area contributed by atoms with E-state index in [-0.39, 0.29) is 17.1 Å². The van der Waals surface area contributed by atoms with Crippen LogP contribution in [0.2, 0.25) is 0 Å². The number of hydrogen-bond acceptors (Lipinski definition) is 4. The van der Waals surface area contributed by atoms with Crippen LogP contribution in [0.3, 0.4) is 0 Å². The molecule has 0 aromatic rings. The first-order chi connectivity index (χ1) is 9.53. The van der Waals surface area contributed by atoms with E-state index in [1.165, 1.54) is 0 Å². The third-order valence-corrected chi connectivity index (χ3v) is 4.08. The molecule has 0 heterocycles. The molecule has 0 aliphatic carbocycles. The van der Waals surface area contributed by atoms with E-state index in [1.807, 2.05) is 0 Å². The van der Waals surface area contributed by atoms with Crippen LogP contribution in [0, 0.1) is 0 Å². The van der Waals surface area contributed by atoms with Crippen molar-refractivity contribution in [3.63, 3.8) is 0 Å². The Labute approximate surface area is 134 Å². The van der Waals surface area contributed by atoms with E-state index in [0.29, 0.717) is 18.5 Å². The van der Waals surface area contributed by atoms with Crippen molar-refractivity contribution in [3.05, 3.63) is 12.2 Å². The Morgan fingerprint density at radius 1 is 1.14 bits per heavy atom. The highest BCUT2D eigenvalue weighted by molar-refractivity contribution is 7.85. The van der Waals surface area contributed by atoms with Gasteiger partial charge in [-0.05, 0) is 26.2 Å². The monoisotopic (exact) mass is 338 g/mol. The molecule has 0 aromatic heterocycles. The molecule has 0 spiro atoms. The average molecular weight is 338 g/mol. The number of unbranched alkanes of at least 4 members (excludes halogenated alkanes) is 2. The Hall–Kier alpha value is -0.960. The summed E-state index contributed by atoms with van der Waals surface area (Å²) in [5.41, 5.74) is 0.516. The maximum absolute atomic E-state index is 11.3. The first-order valence-corrected chi connectivity index (χ1v) is 8.85. The second-order valence-corrected chi connectivity index (χ2v) is 7.69. The molecule has 7 nitrogen and oxygen atoms in total. The molecule has 3 N–H and O–H groups in total. The summed E-state index contributed by atoms with van der Waals surface area (Å²) in [4.78, 5) is 11.3. The highest BCUT2D eigenvalue weighted by Gasteiger charge is 2.14. The smallest absolute Gasteiger partial charge is 0.264 e. The quantitative estimate of drug-likeness (QED) is 0.253. The summed E-state index contributed by atoms with van der Waals surface area (Å²) in [6, 6.07) is 0. The third-order valence-electron chi connectivity index (χ3n) is 3.28. The molecule has 0 rings (SSSR count). The van der Waals surface area contributed by atoms with Crippen LogP contribution in [0.5, 0.6) is 0 Å². The molecule has 22 heavy (non-hydrogen) atoms. The zero-order valence-corrected chi connectivity index (χ0v) is 14.7. The molecular weight excluding hydrogens is 308 g/mol. The van der Waals surface area contributed by atoms with E-state index in [1.54, 1.807) is 6.92 Å². The number of quaternary nitrogens is 1. The Kier molecular flexibility index (Phi) is 11.4. The maximum atomic E-state index is 11.3. The van der Waals surface area contributed by atoms with Crippen LogP contribution in [0.1, 0.15) is 32.6 Å². The molecule has 0 aliphatic rings. The van der Waals surface area contributed by atoms with E-state index in [4.69, 9.17) is 4.55 Å². The minimum absolute atomic E-state index is 0. The molecule has 8 heteroatoms. The topological polar surface area (TPSA) is 113 Å². The molecule has 0 radical (unpaired) electrons. The summed E-state index contributed by atoms with van der Waals surface area (Å²) in [6.07, 6.45) is 3.08. The van der Waals surface area contributed by atoms with Gasteiger partial charge < -0.3 is 15.3 Å². The Morgan fingerprint density at radius 2 is 1.68 bits per heavy atom. The lowest BCUT2D eigenvalue weighted by molar-refractivity contribution is -0.890. The third kappa shape index (κ3) is 14.0. The molecule has 1 amide bonds. The zero-order chi connectivity index (χ0) is 16.5. The van der Waals surface area contributed by atoms with Crippen molar-refractivity contribution in [2.24, 2.45) is 0 Å². The van der Waals surface area contributed by atoms with Crippen molar-refractivity contribution in [1.82, 2.24) is 5.32 Å². The van der Waals surface area contributed by atoms with Crippen molar-refractivity contribution < 1.29 is 27.7 Å². The molecule has 0 atom stereocenters. The Morgan fingerprint density at radius 3 is 2.18 bits per heavy atom. The molecule has 0 unspecified atom stereocenters. The predicted molar refractivity (Wildman–Crippen MR) is 86.5 cm³/mol. The largest absolute Gasteiger partial charge is 0.870 e. The van der Waals surface area contributed by atoms with Crippen LogP contribution in [-0.4, -0.2) is 68.3 Å². The van der Waals surface area contributed by atoms with Gasteiger partial charge in [-0.3, -0.25) is 9.35 Å². The summed E-state index contributed by atoms with van der Waals surface area (Å²) in [7, 11) is 0.404. The molecule has 0 saturated carbocycles. The van der Waals surface area contributed by atoms with Gasteiger partial charge in [0.15, 0.2) is 0 Å². The van der Waals surface area contributed by atoms with Gasteiger partial charge in [0.25, 0.3) is 10.1 Å². The number of amides is 1. The zero-order valence-electron chi connectivity index (χ0n) is 13.8. The Balaban J connectivity index is 0. The number of hydrogen-bond donors (Lipinski definition) is 2. The van der Waals surface area contributed by atoms with Crippen molar-refractivity contribution >= 4 is 16.0 Å². The van der Waals surface area contributed by atoms with Gasteiger partial charge in [0.2, 0.25) is 5.91 Å². The van der Waals surface area contributed by atoms with Gasteiger partial charge in [-0.25, -0.2) is 0 Å². The van der Waals surface area contributed by atoms with E-state index in [2.05, 4.69) is 26.0 Å². The lowest BCUT2D eigenvalue weighted by atomic mass is 10.2. The van der Waals surface area contributed by atoms with E-state index in [0.717, 1.165) is 36.8 Å². The SMILES string of the molecule is C=C(C)C(=O)NCCC[N+](C)(C)CCCCCS(=O)(=O)O.[OH-]. The van der Waals surface area contributed by atoms with E-state index >= 15 is 0 Å². The van der Waals surface area contributed by atoms with E-state index < -0.39 is 10.1 Å². The summed E-state index contributed by atoms with van der Waals surface area (Å²) in [6.45, 7) is 7.78. The number of nitrogens with zero attached hydrogens (tertiary/aromatic N) is 1. The highest BCUT2D eigenvalue weighted by Crippen LogP contribution is 2.06. The lowest BCUT2D eigenvalue weighted by Crippen LogP contribution is -2.42. The fourth-order valence-corrected chi connectivity index (χ4v) is 2.54. The molecule has 132 valence electrons. The number of carbonyl (C=O) groups is 1. The van der Waals surface area contributed by atoms with E-state index in [9.17, 15) is 13.2 Å². The standard InChI is InChI=1S/C14H28N2O4S.H2O/c1-13(2)14(17)15-9-8-11-16(3,4)10-6-5-7-12-21(18,19)20;/h1,5-12H2,2-4H3,(H-,15,17,18,19,20);1H2. The van der Waals surface area contributed by atoms with Crippen molar-refractivity contribution in [2.75, 3.05) is 39.5 Å². The van der Waals surface area contributed by atoms with Crippen LogP contribution >= 0.6 is 0 Å². The lowest BCUT2D eigenvalue weighted by Gasteiger charge is -2.30. The number of nitrogens with one attached hydrogen (secondary N) is 1. The predicted octanol–water partition coefficient (Wildman–Crippen LogP) is 1.03. The van der Waals surface area contributed by atoms with Crippen molar-refractivity contribution in [2.45, 2.75) is 32.6 Å². The van der Waals surface area contributed by atoms with Crippen molar-refractivity contribution in [1.29, 1.82) is 0 Å². The number of carbonyl (C=O) groups excluding carboxylic acids is 1. The van der Waals surface area contributed by atoms with Gasteiger partial charge in [0.1, 0.15) is 0 Å². The summed E-state index contributed by atoms with van der Waals surface area (Å²) in [5.74, 6) is -0.265. The van der Waals surface area contributed by atoms with Gasteiger partial charge in [-0.15, -0.1) is 0 Å². The first-order valence-electron chi connectivity index (χ1n) is 7.24. The first kappa shape index (κ1) is 23.3. The van der Waals surface area contributed by atoms with Gasteiger partial charge in [-0.2, -0.15) is 8.42 Å². The normalized spacial score (nSPS) is 11.6. The van der Waals surface area contributed by atoms with Crippen LogP contribution in [0.25, 0.3) is 0 Å². The molecule has 0 fully saturated rings. The van der Waals surface area contributed by atoms with Crippen LogP contribution < -0.4 is 5.32 Å². The molecule has 0 saturated heterocycles. The second-order valence-electron chi connectivity index (χ2n) is 6.12. The van der Waals surface area contributed by atoms with Crippen LogP contribution in [0.4, 0.5) is 0 Å². The average Bonchev–Trinajstić information content (AvgIpc) is 2.32. The summed E-state index contributed by atoms with van der Waals surface area (Å²) in [5, 5.41) is 2.80. The minimum atomic E-state index is -3.83. The Bertz CT molecular complexity index is 446. The minimum Gasteiger partial charge on any atom is -0.870 e. The highest BCUT2D eigenvalue weighted by atomic mass is 32.2. The van der Waals surface area contributed by atoms with Crippen LogP contribution in [0.15, 0.2) is 12.2 Å². The summed E-state index contributed by atoms with van der Waals surface area (Å²) >= 11 is 0. The van der Waals surface area contributed by atoms with Gasteiger partial charge in [0.05, 0.1) is 32.9 Å². The van der Waals surface area contributed by atoms with Gasteiger partial charge in [-0.1, -0.05) is 6.58 Å². The van der Waals surface area contributed by atoms with Gasteiger partial charge >= 0.3 is 0 Å². The fraction of sp³-hybridized carbons (Fsp3) is 0.786.